The molecule has 0 saturated heterocycles. The van der Waals surface area contributed by atoms with Crippen LogP contribution in [0.25, 0.3) is 0 Å². The summed E-state index contributed by atoms with van der Waals surface area (Å²) in [6.45, 7) is 1.43. The zero-order valence-electron chi connectivity index (χ0n) is 7.88. The minimum atomic E-state index is -2.88. The maximum Gasteiger partial charge on any atom is 0.308 e. The molecule has 0 aliphatic heterocycles. The largest absolute Gasteiger partial charge is 0.481 e. The van der Waals surface area contributed by atoms with E-state index in [0.29, 0.717) is 0 Å². The van der Waals surface area contributed by atoms with E-state index in [9.17, 15) is 18.4 Å². The van der Waals surface area contributed by atoms with Crippen LogP contribution in [0.3, 0.4) is 0 Å². The van der Waals surface area contributed by atoms with Crippen LogP contribution in [0.2, 0.25) is 0 Å². The van der Waals surface area contributed by atoms with Gasteiger partial charge < -0.3 is 10.1 Å². The summed E-state index contributed by atoms with van der Waals surface area (Å²) in [7, 11) is 0. The first-order valence-corrected chi connectivity index (χ1v) is 4.14. The van der Waals surface area contributed by atoms with E-state index in [0.717, 1.165) is 6.20 Å². The molecule has 1 aromatic heterocycles. The van der Waals surface area contributed by atoms with Crippen LogP contribution in [0, 0.1) is 6.92 Å². The molecule has 1 heterocycles. The zero-order valence-corrected chi connectivity index (χ0v) is 7.88. The normalized spacial score (nSPS) is 10.7. The van der Waals surface area contributed by atoms with E-state index in [1.54, 1.807) is 0 Å². The Morgan fingerprint density at radius 3 is 2.67 bits per heavy atom. The van der Waals surface area contributed by atoms with Gasteiger partial charge in [0.15, 0.2) is 5.43 Å². The molecule has 0 aliphatic rings. The molecule has 0 bridgehead atoms. The average molecular weight is 217 g/mol. The van der Waals surface area contributed by atoms with Crippen molar-refractivity contribution in [2.75, 3.05) is 0 Å². The number of aromatic nitrogens is 1. The van der Waals surface area contributed by atoms with Gasteiger partial charge in [-0.2, -0.15) is 0 Å². The van der Waals surface area contributed by atoms with Gasteiger partial charge in [0.1, 0.15) is 0 Å². The molecule has 0 unspecified atom stereocenters. The Morgan fingerprint density at radius 1 is 1.60 bits per heavy atom. The first-order chi connectivity index (χ1) is 6.93. The molecular formula is C9H9F2NO3. The molecule has 82 valence electrons. The highest BCUT2D eigenvalue weighted by molar-refractivity contribution is 5.70. The number of alkyl halides is 2. The summed E-state index contributed by atoms with van der Waals surface area (Å²) in [5, 5.41) is 8.49. The Morgan fingerprint density at radius 2 is 2.20 bits per heavy atom. The summed E-state index contributed by atoms with van der Waals surface area (Å²) >= 11 is 0. The summed E-state index contributed by atoms with van der Waals surface area (Å²) < 4.78 is 24.9. The number of halogens is 2. The van der Waals surface area contributed by atoms with Crippen molar-refractivity contribution in [1.29, 1.82) is 0 Å². The Kier molecular flexibility index (Phi) is 3.18. The minimum absolute atomic E-state index is 0.218. The van der Waals surface area contributed by atoms with E-state index in [-0.39, 0.29) is 11.1 Å². The van der Waals surface area contributed by atoms with Crippen LogP contribution in [0.1, 0.15) is 23.2 Å². The highest BCUT2D eigenvalue weighted by atomic mass is 19.3. The maximum absolute atomic E-state index is 12.4. The molecular weight excluding hydrogens is 208 g/mol. The number of aryl methyl sites for hydroxylation is 1. The van der Waals surface area contributed by atoms with Crippen molar-refractivity contribution in [3.05, 3.63) is 33.2 Å². The van der Waals surface area contributed by atoms with Gasteiger partial charge in [-0.1, -0.05) is 0 Å². The molecule has 0 fully saturated rings. The van der Waals surface area contributed by atoms with Gasteiger partial charge in [-0.15, -0.1) is 0 Å². The van der Waals surface area contributed by atoms with Gasteiger partial charge in [0.25, 0.3) is 6.43 Å². The molecule has 1 aromatic rings. The van der Waals surface area contributed by atoms with E-state index in [1.807, 2.05) is 0 Å². The van der Waals surface area contributed by atoms with Gasteiger partial charge in [-0.25, -0.2) is 8.78 Å². The van der Waals surface area contributed by atoms with Crippen molar-refractivity contribution in [2.45, 2.75) is 19.8 Å². The molecule has 2 N–H and O–H groups in total. The van der Waals surface area contributed by atoms with E-state index < -0.39 is 29.9 Å². The second-order valence-electron chi connectivity index (χ2n) is 3.06. The van der Waals surface area contributed by atoms with Crippen LogP contribution in [0.5, 0.6) is 0 Å². The number of hydrogen-bond acceptors (Lipinski definition) is 2. The maximum atomic E-state index is 12.4. The minimum Gasteiger partial charge on any atom is -0.481 e. The number of pyridine rings is 1. The number of hydrogen-bond donors (Lipinski definition) is 2. The van der Waals surface area contributed by atoms with Crippen LogP contribution >= 0.6 is 0 Å². The molecule has 0 amide bonds. The standard InChI is InChI=1S/C9H9F2NO3/c1-4-3-12-7(9(10)11)5(8(4)15)2-6(13)14/h3,9H,2H2,1H3,(H,12,15)(H,13,14). The predicted octanol–water partition coefficient (Wildman–Crippen LogP) is 1.25. The van der Waals surface area contributed by atoms with E-state index >= 15 is 0 Å². The third-order valence-electron chi connectivity index (χ3n) is 1.95. The van der Waals surface area contributed by atoms with Crippen LogP contribution < -0.4 is 5.43 Å². The monoisotopic (exact) mass is 217 g/mol. The second-order valence-corrected chi connectivity index (χ2v) is 3.06. The number of aliphatic carboxylic acids is 1. The lowest BCUT2D eigenvalue weighted by molar-refractivity contribution is -0.136. The summed E-state index contributed by atoms with van der Waals surface area (Å²) in [5.74, 6) is -1.31. The van der Waals surface area contributed by atoms with Gasteiger partial charge in [0.2, 0.25) is 0 Å². The quantitative estimate of drug-likeness (QED) is 0.800. The van der Waals surface area contributed by atoms with Gasteiger partial charge in [-0.05, 0) is 6.92 Å². The Balaban J connectivity index is 3.35. The van der Waals surface area contributed by atoms with Crippen LogP contribution in [0.4, 0.5) is 8.78 Å². The molecule has 0 aliphatic carbocycles. The van der Waals surface area contributed by atoms with Crippen molar-refractivity contribution >= 4 is 5.97 Å². The SMILES string of the molecule is Cc1c[nH]c(C(F)F)c(CC(=O)O)c1=O. The summed E-state index contributed by atoms with van der Waals surface area (Å²) in [6.07, 6.45) is -2.43. The van der Waals surface area contributed by atoms with E-state index in [2.05, 4.69) is 4.98 Å². The first kappa shape index (κ1) is 11.4. The Hall–Kier alpha value is -1.72. The van der Waals surface area contributed by atoms with Crippen LogP contribution in [-0.4, -0.2) is 16.1 Å². The van der Waals surface area contributed by atoms with E-state index in [1.165, 1.54) is 6.92 Å². The van der Waals surface area contributed by atoms with Crippen molar-refractivity contribution in [1.82, 2.24) is 4.98 Å². The van der Waals surface area contributed by atoms with Crippen LogP contribution in [-0.2, 0) is 11.2 Å². The predicted molar refractivity (Wildman–Crippen MR) is 48.1 cm³/mol. The van der Waals surface area contributed by atoms with Crippen molar-refractivity contribution < 1.29 is 18.7 Å². The molecule has 0 spiro atoms. The van der Waals surface area contributed by atoms with Gasteiger partial charge in [-0.3, -0.25) is 9.59 Å². The molecule has 0 aromatic carbocycles. The fourth-order valence-electron chi connectivity index (χ4n) is 1.22. The number of nitrogens with one attached hydrogen (secondary N) is 1. The topological polar surface area (TPSA) is 70.2 Å². The fourth-order valence-corrected chi connectivity index (χ4v) is 1.22. The lowest BCUT2D eigenvalue weighted by atomic mass is 10.1. The molecule has 4 nitrogen and oxygen atoms in total. The first-order valence-electron chi connectivity index (χ1n) is 4.14. The van der Waals surface area contributed by atoms with Crippen molar-refractivity contribution in [3.63, 3.8) is 0 Å². The lowest BCUT2D eigenvalue weighted by Gasteiger charge is -2.06. The number of carboxylic acids is 1. The highest BCUT2D eigenvalue weighted by Gasteiger charge is 2.19. The lowest BCUT2D eigenvalue weighted by Crippen LogP contribution is -2.20. The molecule has 15 heavy (non-hydrogen) atoms. The van der Waals surface area contributed by atoms with E-state index in [4.69, 9.17) is 5.11 Å². The number of carbonyl (C=O) groups is 1. The Bertz CT molecular complexity index is 439. The summed E-state index contributed by atoms with van der Waals surface area (Å²) in [6, 6.07) is 0. The molecule has 6 heteroatoms. The zero-order chi connectivity index (χ0) is 11.6. The Labute approximate surface area is 83.6 Å². The summed E-state index contributed by atoms with van der Waals surface area (Å²) in [5.41, 5.74) is -1.42. The fraction of sp³-hybridized carbons (Fsp3) is 0.333. The van der Waals surface area contributed by atoms with Crippen molar-refractivity contribution in [3.8, 4) is 0 Å². The van der Waals surface area contributed by atoms with Crippen LogP contribution in [0.15, 0.2) is 11.0 Å². The van der Waals surface area contributed by atoms with Gasteiger partial charge >= 0.3 is 5.97 Å². The third kappa shape index (κ3) is 2.39. The molecule has 1 rings (SSSR count). The number of carboxylic acid groups (broad SMARTS) is 1. The number of rotatable bonds is 3. The second kappa shape index (κ2) is 4.20. The molecule has 0 saturated carbocycles. The molecule has 0 atom stereocenters. The van der Waals surface area contributed by atoms with Gasteiger partial charge in [0.05, 0.1) is 12.1 Å². The number of H-pyrrole nitrogens is 1. The number of aromatic amines is 1. The molecule has 0 radical (unpaired) electrons. The smallest absolute Gasteiger partial charge is 0.308 e. The highest BCUT2D eigenvalue weighted by Crippen LogP contribution is 2.18. The van der Waals surface area contributed by atoms with Gasteiger partial charge in [0, 0.05) is 17.3 Å². The summed E-state index contributed by atoms with van der Waals surface area (Å²) in [4.78, 5) is 24.1. The average Bonchev–Trinajstić information content (AvgIpc) is 2.12. The van der Waals surface area contributed by atoms with Crippen molar-refractivity contribution in [2.24, 2.45) is 0 Å². The third-order valence-corrected chi connectivity index (χ3v) is 1.95.